The van der Waals surface area contributed by atoms with E-state index in [2.05, 4.69) is 14.9 Å². The molecule has 0 unspecified atom stereocenters. The van der Waals surface area contributed by atoms with E-state index in [4.69, 9.17) is 4.18 Å². The highest BCUT2D eigenvalue weighted by Gasteiger charge is 2.52. The van der Waals surface area contributed by atoms with Crippen molar-refractivity contribution in [1.82, 2.24) is 9.97 Å². The van der Waals surface area contributed by atoms with E-state index in [9.17, 15) is 0 Å². The Hall–Kier alpha value is -0.810. The Bertz CT molecular complexity index is 373. The Kier molecular flexibility index (Phi) is 2.96. The second-order valence-electron chi connectivity index (χ2n) is 5.13. The molecule has 1 saturated heterocycles. The minimum Gasteiger partial charge on any atom is -0.340 e. The van der Waals surface area contributed by atoms with Crippen molar-refractivity contribution >= 4 is 18.0 Å². The Balaban J connectivity index is 1.47. The van der Waals surface area contributed by atoms with Gasteiger partial charge in [0.1, 0.15) is 0 Å². The third-order valence-electron chi connectivity index (χ3n) is 3.75. The van der Waals surface area contributed by atoms with Crippen LogP contribution in [0.3, 0.4) is 0 Å². The molecule has 0 bridgehead atoms. The summed E-state index contributed by atoms with van der Waals surface area (Å²) in [6.45, 7) is 3.14. The molecule has 5 heteroatoms. The van der Waals surface area contributed by atoms with Crippen molar-refractivity contribution in [3.8, 4) is 0 Å². The van der Waals surface area contributed by atoms with Crippen LogP contribution in [0.4, 0.5) is 5.95 Å². The monoisotopic (exact) mass is 251 g/mol. The standard InChI is InChI=1S/C12H17N3OS/c1-17-16-7-10-5-12(6-10)8-15(9-12)11-13-3-2-4-14-11/h2-4,10H,5-9H2,1H3. The van der Waals surface area contributed by atoms with Gasteiger partial charge in [-0.1, -0.05) is 0 Å². The third kappa shape index (κ3) is 2.13. The maximum atomic E-state index is 5.39. The van der Waals surface area contributed by atoms with E-state index >= 15 is 0 Å². The molecule has 1 aromatic rings. The molecular weight excluding hydrogens is 234 g/mol. The van der Waals surface area contributed by atoms with Crippen LogP contribution >= 0.6 is 12.0 Å². The van der Waals surface area contributed by atoms with Crippen LogP contribution in [0.5, 0.6) is 0 Å². The van der Waals surface area contributed by atoms with E-state index in [0.29, 0.717) is 5.41 Å². The highest BCUT2D eigenvalue weighted by molar-refractivity contribution is 7.93. The van der Waals surface area contributed by atoms with Crippen LogP contribution < -0.4 is 4.90 Å². The average Bonchev–Trinajstić information content (AvgIpc) is 2.26. The summed E-state index contributed by atoms with van der Waals surface area (Å²) in [5.41, 5.74) is 0.547. The smallest absolute Gasteiger partial charge is 0.225 e. The largest absolute Gasteiger partial charge is 0.340 e. The Labute approximate surface area is 106 Å². The van der Waals surface area contributed by atoms with E-state index in [1.807, 2.05) is 24.7 Å². The zero-order valence-electron chi connectivity index (χ0n) is 10.0. The van der Waals surface area contributed by atoms with Crippen LogP contribution in [0.2, 0.25) is 0 Å². The summed E-state index contributed by atoms with van der Waals surface area (Å²) in [6.07, 6.45) is 8.20. The summed E-state index contributed by atoms with van der Waals surface area (Å²) in [6, 6.07) is 1.86. The third-order valence-corrected chi connectivity index (χ3v) is 4.12. The van der Waals surface area contributed by atoms with Gasteiger partial charge in [0.2, 0.25) is 5.95 Å². The zero-order chi connectivity index (χ0) is 11.7. The van der Waals surface area contributed by atoms with E-state index in [1.165, 1.54) is 24.9 Å². The van der Waals surface area contributed by atoms with Crippen molar-refractivity contribution in [2.24, 2.45) is 11.3 Å². The Morgan fingerprint density at radius 1 is 1.41 bits per heavy atom. The van der Waals surface area contributed by atoms with Crippen LogP contribution in [0, 0.1) is 11.3 Å². The van der Waals surface area contributed by atoms with E-state index in [1.54, 1.807) is 0 Å². The molecule has 2 aliphatic rings. The lowest BCUT2D eigenvalue weighted by molar-refractivity contribution is 0.00221. The van der Waals surface area contributed by atoms with Crippen molar-refractivity contribution in [3.05, 3.63) is 18.5 Å². The fourth-order valence-corrected chi connectivity index (χ4v) is 3.39. The van der Waals surface area contributed by atoms with Crippen LogP contribution in [-0.2, 0) is 4.18 Å². The highest BCUT2D eigenvalue weighted by Crippen LogP contribution is 2.52. The molecule has 3 rings (SSSR count). The summed E-state index contributed by atoms with van der Waals surface area (Å²) < 4.78 is 5.39. The number of aromatic nitrogens is 2. The minimum absolute atomic E-state index is 0.547. The van der Waals surface area contributed by atoms with Gasteiger partial charge in [0, 0.05) is 37.2 Å². The lowest BCUT2D eigenvalue weighted by Crippen LogP contribution is -2.63. The minimum atomic E-state index is 0.547. The maximum absolute atomic E-state index is 5.39. The number of rotatable bonds is 4. The molecule has 0 aromatic carbocycles. The fourth-order valence-electron chi connectivity index (χ4n) is 3.06. The van der Waals surface area contributed by atoms with Crippen molar-refractivity contribution in [2.45, 2.75) is 12.8 Å². The van der Waals surface area contributed by atoms with Gasteiger partial charge in [0.25, 0.3) is 0 Å². The number of anilines is 1. The van der Waals surface area contributed by atoms with Gasteiger partial charge in [-0.25, -0.2) is 9.97 Å². The lowest BCUT2D eigenvalue weighted by atomic mass is 9.58. The predicted molar refractivity (Wildman–Crippen MR) is 68.9 cm³/mol. The Morgan fingerprint density at radius 3 is 2.76 bits per heavy atom. The Morgan fingerprint density at radius 2 is 2.12 bits per heavy atom. The summed E-state index contributed by atoms with van der Waals surface area (Å²) in [5, 5.41) is 0. The predicted octanol–water partition coefficient (Wildman–Crippen LogP) is 1.99. The van der Waals surface area contributed by atoms with Gasteiger partial charge in [-0.3, -0.25) is 0 Å². The highest BCUT2D eigenvalue weighted by atomic mass is 32.2. The molecule has 0 radical (unpaired) electrons. The summed E-state index contributed by atoms with van der Waals surface area (Å²) in [5.74, 6) is 1.64. The first-order valence-electron chi connectivity index (χ1n) is 5.99. The van der Waals surface area contributed by atoms with Gasteiger partial charge in [0.15, 0.2) is 0 Å². The van der Waals surface area contributed by atoms with Gasteiger partial charge in [-0.15, -0.1) is 0 Å². The van der Waals surface area contributed by atoms with Crippen molar-refractivity contribution in [3.63, 3.8) is 0 Å². The topological polar surface area (TPSA) is 38.2 Å². The van der Waals surface area contributed by atoms with Crippen LogP contribution in [0.25, 0.3) is 0 Å². The van der Waals surface area contributed by atoms with E-state index in [0.717, 1.165) is 31.6 Å². The molecule has 1 saturated carbocycles. The lowest BCUT2D eigenvalue weighted by Gasteiger charge is -2.59. The van der Waals surface area contributed by atoms with Crippen LogP contribution in [-0.4, -0.2) is 35.9 Å². The molecule has 1 spiro atoms. The number of nitrogens with zero attached hydrogens (tertiary/aromatic N) is 3. The normalized spacial score (nSPS) is 22.3. The average molecular weight is 251 g/mol. The summed E-state index contributed by atoms with van der Waals surface area (Å²) in [4.78, 5) is 10.8. The summed E-state index contributed by atoms with van der Waals surface area (Å²) in [7, 11) is 0. The molecule has 0 N–H and O–H groups in total. The van der Waals surface area contributed by atoms with Gasteiger partial charge in [0.05, 0.1) is 6.61 Å². The van der Waals surface area contributed by atoms with Gasteiger partial charge in [-0.05, 0) is 36.9 Å². The van der Waals surface area contributed by atoms with Gasteiger partial charge < -0.3 is 9.08 Å². The first-order valence-corrected chi connectivity index (χ1v) is 7.14. The second kappa shape index (κ2) is 4.46. The first kappa shape index (κ1) is 11.3. The van der Waals surface area contributed by atoms with Gasteiger partial charge in [-0.2, -0.15) is 0 Å². The van der Waals surface area contributed by atoms with Crippen LogP contribution in [0.1, 0.15) is 12.8 Å². The van der Waals surface area contributed by atoms with Crippen molar-refractivity contribution in [2.75, 3.05) is 30.9 Å². The molecular formula is C12H17N3OS. The zero-order valence-corrected chi connectivity index (χ0v) is 10.8. The number of hydrogen-bond acceptors (Lipinski definition) is 5. The molecule has 2 fully saturated rings. The maximum Gasteiger partial charge on any atom is 0.225 e. The molecule has 17 heavy (non-hydrogen) atoms. The molecule has 1 aliphatic carbocycles. The summed E-state index contributed by atoms with van der Waals surface area (Å²) >= 11 is 1.47. The van der Waals surface area contributed by atoms with Crippen molar-refractivity contribution in [1.29, 1.82) is 0 Å². The first-order chi connectivity index (χ1) is 8.31. The second-order valence-corrected chi connectivity index (χ2v) is 5.70. The van der Waals surface area contributed by atoms with Crippen LogP contribution in [0.15, 0.2) is 18.5 Å². The number of hydrogen-bond donors (Lipinski definition) is 0. The molecule has 0 amide bonds. The SMILES string of the molecule is CSOCC1CC2(C1)CN(c1ncccn1)C2. The molecule has 2 heterocycles. The molecule has 1 aliphatic heterocycles. The van der Waals surface area contributed by atoms with Gasteiger partial charge >= 0.3 is 0 Å². The molecule has 4 nitrogen and oxygen atoms in total. The quantitative estimate of drug-likeness (QED) is 0.765. The molecule has 92 valence electrons. The van der Waals surface area contributed by atoms with Crippen molar-refractivity contribution < 1.29 is 4.18 Å². The molecule has 1 aromatic heterocycles. The fraction of sp³-hybridized carbons (Fsp3) is 0.667. The van der Waals surface area contributed by atoms with E-state index in [-0.39, 0.29) is 0 Å². The van der Waals surface area contributed by atoms with E-state index < -0.39 is 0 Å². The molecule has 0 atom stereocenters.